The van der Waals surface area contributed by atoms with Crippen LogP contribution in [-0.2, 0) is 4.79 Å². The first kappa shape index (κ1) is 13.5. The van der Waals surface area contributed by atoms with Crippen molar-refractivity contribution in [1.82, 2.24) is 4.90 Å². The highest BCUT2D eigenvalue weighted by molar-refractivity contribution is 5.78. The molecular weight excluding hydrogens is 202 g/mol. The Labute approximate surface area is 98.8 Å². The summed E-state index contributed by atoms with van der Waals surface area (Å²) in [5.41, 5.74) is -0.669. The van der Waals surface area contributed by atoms with Gasteiger partial charge in [-0.2, -0.15) is 0 Å². The van der Waals surface area contributed by atoms with Gasteiger partial charge in [0.25, 0.3) is 0 Å². The minimum atomic E-state index is -0.671. The average Bonchev–Trinajstić information content (AvgIpc) is 2.16. The van der Waals surface area contributed by atoms with E-state index in [1.54, 1.807) is 0 Å². The molecule has 1 rings (SSSR count). The lowest BCUT2D eigenvalue weighted by Crippen LogP contribution is -2.57. The SMILES string of the molecule is CCCC(C)(C(=O)O)N1CC(C)CC(C)C1. The van der Waals surface area contributed by atoms with Crippen molar-refractivity contribution >= 4 is 5.97 Å². The number of piperidine rings is 1. The molecule has 0 bridgehead atoms. The Morgan fingerprint density at radius 1 is 1.38 bits per heavy atom. The van der Waals surface area contributed by atoms with Crippen LogP contribution in [0.4, 0.5) is 0 Å². The Hall–Kier alpha value is -0.570. The quantitative estimate of drug-likeness (QED) is 0.802. The van der Waals surface area contributed by atoms with Gasteiger partial charge in [-0.3, -0.25) is 9.69 Å². The summed E-state index contributed by atoms with van der Waals surface area (Å²) >= 11 is 0. The zero-order valence-corrected chi connectivity index (χ0v) is 11.0. The molecule has 1 N–H and O–H groups in total. The van der Waals surface area contributed by atoms with E-state index in [9.17, 15) is 9.90 Å². The zero-order chi connectivity index (χ0) is 12.3. The molecule has 1 fully saturated rings. The van der Waals surface area contributed by atoms with Crippen LogP contribution in [0.5, 0.6) is 0 Å². The number of nitrogens with zero attached hydrogens (tertiary/aromatic N) is 1. The maximum absolute atomic E-state index is 11.5. The largest absolute Gasteiger partial charge is 0.480 e. The summed E-state index contributed by atoms with van der Waals surface area (Å²) in [7, 11) is 0. The molecule has 0 aliphatic carbocycles. The lowest BCUT2D eigenvalue weighted by Gasteiger charge is -2.44. The van der Waals surface area contributed by atoms with Crippen molar-refractivity contribution in [3.05, 3.63) is 0 Å². The fraction of sp³-hybridized carbons (Fsp3) is 0.923. The maximum atomic E-state index is 11.5. The predicted molar refractivity (Wildman–Crippen MR) is 65.5 cm³/mol. The first-order valence-electron chi connectivity index (χ1n) is 6.38. The molecule has 0 spiro atoms. The number of carbonyl (C=O) groups is 1. The van der Waals surface area contributed by atoms with Gasteiger partial charge in [-0.15, -0.1) is 0 Å². The number of carboxylic acid groups (broad SMARTS) is 1. The standard InChI is InChI=1S/C13H25NO2/c1-5-6-13(4,12(15)16)14-8-10(2)7-11(3)9-14/h10-11H,5-9H2,1-4H3,(H,15,16). The third-order valence-electron chi connectivity index (χ3n) is 3.76. The lowest BCUT2D eigenvalue weighted by atomic mass is 9.85. The predicted octanol–water partition coefficient (Wildman–Crippen LogP) is 2.61. The summed E-state index contributed by atoms with van der Waals surface area (Å²) < 4.78 is 0. The van der Waals surface area contributed by atoms with Gasteiger partial charge in [-0.25, -0.2) is 0 Å². The Balaban J connectivity index is 2.81. The Bertz CT molecular complexity index is 244. The van der Waals surface area contributed by atoms with Crippen molar-refractivity contribution in [1.29, 1.82) is 0 Å². The third-order valence-corrected chi connectivity index (χ3v) is 3.76. The van der Waals surface area contributed by atoms with Crippen LogP contribution in [0.3, 0.4) is 0 Å². The number of likely N-dealkylation sites (tertiary alicyclic amines) is 1. The Kier molecular flexibility index (Phi) is 4.36. The molecule has 16 heavy (non-hydrogen) atoms. The molecule has 1 aliphatic rings. The van der Waals surface area contributed by atoms with Crippen molar-refractivity contribution in [2.24, 2.45) is 11.8 Å². The van der Waals surface area contributed by atoms with E-state index in [0.717, 1.165) is 25.9 Å². The van der Waals surface area contributed by atoms with Crippen molar-refractivity contribution < 1.29 is 9.90 Å². The summed E-state index contributed by atoms with van der Waals surface area (Å²) in [6.07, 6.45) is 2.88. The molecule has 0 aromatic carbocycles. The highest BCUT2D eigenvalue weighted by atomic mass is 16.4. The van der Waals surface area contributed by atoms with Gasteiger partial charge in [0.2, 0.25) is 0 Å². The van der Waals surface area contributed by atoms with Gasteiger partial charge in [0, 0.05) is 13.1 Å². The lowest BCUT2D eigenvalue weighted by molar-refractivity contribution is -0.153. The fourth-order valence-corrected chi connectivity index (χ4v) is 2.95. The molecule has 1 saturated heterocycles. The van der Waals surface area contributed by atoms with Gasteiger partial charge in [-0.05, 0) is 31.6 Å². The number of rotatable bonds is 4. The van der Waals surface area contributed by atoms with Crippen LogP contribution >= 0.6 is 0 Å². The van der Waals surface area contributed by atoms with Gasteiger partial charge >= 0.3 is 5.97 Å². The molecule has 94 valence electrons. The van der Waals surface area contributed by atoms with Crippen LogP contribution in [0.15, 0.2) is 0 Å². The molecule has 3 nitrogen and oxygen atoms in total. The van der Waals surface area contributed by atoms with Gasteiger partial charge in [-0.1, -0.05) is 27.2 Å². The van der Waals surface area contributed by atoms with Gasteiger partial charge in [0.15, 0.2) is 0 Å². The first-order valence-corrected chi connectivity index (χ1v) is 6.38. The molecule has 1 aliphatic heterocycles. The number of hydrogen-bond acceptors (Lipinski definition) is 2. The van der Waals surface area contributed by atoms with E-state index in [2.05, 4.69) is 25.7 Å². The Morgan fingerprint density at radius 2 is 1.88 bits per heavy atom. The molecule has 0 aromatic heterocycles. The van der Waals surface area contributed by atoms with E-state index >= 15 is 0 Å². The molecule has 0 aromatic rings. The topological polar surface area (TPSA) is 40.5 Å². The molecular formula is C13H25NO2. The van der Waals surface area contributed by atoms with Gasteiger partial charge in [0.05, 0.1) is 0 Å². The van der Waals surface area contributed by atoms with Crippen molar-refractivity contribution in [2.75, 3.05) is 13.1 Å². The highest BCUT2D eigenvalue weighted by Crippen LogP contribution is 2.30. The van der Waals surface area contributed by atoms with Crippen molar-refractivity contribution in [2.45, 2.75) is 52.5 Å². The summed E-state index contributed by atoms with van der Waals surface area (Å²) in [6.45, 7) is 10.2. The van der Waals surface area contributed by atoms with E-state index in [1.165, 1.54) is 6.42 Å². The average molecular weight is 227 g/mol. The van der Waals surface area contributed by atoms with Crippen LogP contribution in [0, 0.1) is 11.8 Å². The minimum Gasteiger partial charge on any atom is -0.480 e. The highest BCUT2D eigenvalue weighted by Gasteiger charge is 2.41. The van der Waals surface area contributed by atoms with E-state index in [1.807, 2.05) is 6.92 Å². The van der Waals surface area contributed by atoms with Crippen LogP contribution in [0.25, 0.3) is 0 Å². The summed E-state index contributed by atoms with van der Waals surface area (Å²) in [6, 6.07) is 0. The van der Waals surface area contributed by atoms with E-state index in [0.29, 0.717) is 11.8 Å². The minimum absolute atomic E-state index is 0.610. The molecule has 0 radical (unpaired) electrons. The second kappa shape index (κ2) is 5.17. The van der Waals surface area contributed by atoms with Crippen LogP contribution in [-0.4, -0.2) is 34.6 Å². The van der Waals surface area contributed by atoms with E-state index < -0.39 is 11.5 Å². The monoisotopic (exact) mass is 227 g/mol. The summed E-state index contributed by atoms with van der Waals surface area (Å²) in [4.78, 5) is 13.7. The van der Waals surface area contributed by atoms with Crippen molar-refractivity contribution in [3.63, 3.8) is 0 Å². The van der Waals surface area contributed by atoms with Gasteiger partial charge in [0.1, 0.15) is 5.54 Å². The molecule has 0 amide bonds. The van der Waals surface area contributed by atoms with E-state index in [-0.39, 0.29) is 0 Å². The van der Waals surface area contributed by atoms with Crippen LogP contribution in [0.2, 0.25) is 0 Å². The molecule has 3 unspecified atom stereocenters. The maximum Gasteiger partial charge on any atom is 0.323 e. The second-order valence-corrected chi connectivity index (χ2v) is 5.68. The normalized spacial score (nSPS) is 31.0. The molecule has 3 atom stereocenters. The summed E-state index contributed by atoms with van der Waals surface area (Å²) in [5, 5.41) is 9.45. The number of carboxylic acids is 1. The summed E-state index contributed by atoms with van der Waals surface area (Å²) in [5.74, 6) is 0.550. The second-order valence-electron chi connectivity index (χ2n) is 5.68. The fourth-order valence-electron chi connectivity index (χ4n) is 2.95. The number of hydrogen-bond donors (Lipinski definition) is 1. The smallest absolute Gasteiger partial charge is 0.323 e. The van der Waals surface area contributed by atoms with Crippen molar-refractivity contribution in [3.8, 4) is 0 Å². The first-order chi connectivity index (χ1) is 7.40. The number of aliphatic carboxylic acids is 1. The van der Waals surface area contributed by atoms with E-state index in [4.69, 9.17) is 0 Å². The Morgan fingerprint density at radius 3 is 2.25 bits per heavy atom. The molecule has 1 heterocycles. The third kappa shape index (κ3) is 2.76. The zero-order valence-electron chi connectivity index (χ0n) is 11.0. The van der Waals surface area contributed by atoms with Crippen LogP contribution in [0.1, 0.15) is 47.0 Å². The molecule has 3 heteroatoms. The van der Waals surface area contributed by atoms with Gasteiger partial charge < -0.3 is 5.11 Å². The van der Waals surface area contributed by atoms with Crippen LogP contribution < -0.4 is 0 Å². The molecule has 0 saturated carbocycles.